The Morgan fingerprint density at radius 2 is 1.80 bits per heavy atom. The third-order valence-electron chi connectivity index (χ3n) is 11.9. The normalized spacial score (nSPS) is 53.5. The minimum atomic E-state index is -0.0778. The van der Waals surface area contributed by atoms with Gasteiger partial charge < -0.3 is 5.11 Å². The second kappa shape index (κ2) is 7.36. The minimum absolute atomic E-state index is 0.0778. The number of rotatable bonds is 4. The molecule has 5 rings (SSSR count). The first-order valence-corrected chi connectivity index (χ1v) is 13.5. The quantitative estimate of drug-likeness (QED) is 0.474. The zero-order valence-electron chi connectivity index (χ0n) is 20.7. The molecule has 0 aromatic carbocycles. The first-order chi connectivity index (χ1) is 14.2. The molecular weight excluding hydrogens is 364 g/mol. The molecule has 5 aliphatic carbocycles. The lowest BCUT2D eigenvalue weighted by molar-refractivity contribution is -0.0576. The van der Waals surface area contributed by atoms with Crippen molar-refractivity contribution in [1.82, 2.24) is 0 Å². The average molecular weight is 413 g/mol. The highest BCUT2D eigenvalue weighted by molar-refractivity contribution is 5.25. The molecule has 0 radical (unpaired) electrons. The fraction of sp³-hybridized carbons (Fsp3) is 0.931. The summed E-state index contributed by atoms with van der Waals surface area (Å²) in [6.45, 7) is 15.3. The molecule has 0 saturated heterocycles. The van der Waals surface area contributed by atoms with Crippen LogP contribution in [0.3, 0.4) is 0 Å². The molecule has 1 nitrogen and oxygen atoms in total. The van der Waals surface area contributed by atoms with E-state index in [0.29, 0.717) is 10.8 Å². The van der Waals surface area contributed by atoms with E-state index in [1.807, 2.05) is 0 Å². The van der Waals surface area contributed by atoms with Crippen LogP contribution in [0.2, 0.25) is 0 Å². The van der Waals surface area contributed by atoms with E-state index >= 15 is 0 Å². The van der Waals surface area contributed by atoms with Crippen molar-refractivity contribution in [3.8, 4) is 0 Å². The van der Waals surface area contributed by atoms with Crippen LogP contribution in [0.15, 0.2) is 11.6 Å². The molecule has 0 amide bonds. The summed E-state index contributed by atoms with van der Waals surface area (Å²) in [5, 5.41) is 10.3. The molecule has 30 heavy (non-hydrogen) atoms. The van der Waals surface area contributed by atoms with Gasteiger partial charge in [0.05, 0.1) is 6.10 Å². The van der Waals surface area contributed by atoms with Gasteiger partial charge in [-0.2, -0.15) is 0 Å². The number of aliphatic hydroxyl groups is 1. The van der Waals surface area contributed by atoms with Crippen molar-refractivity contribution in [2.75, 3.05) is 0 Å². The molecule has 170 valence electrons. The summed E-state index contributed by atoms with van der Waals surface area (Å²) in [6.07, 6.45) is 14.4. The van der Waals surface area contributed by atoms with Crippen molar-refractivity contribution in [1.29, 1.82) is 0 Å². The third kappa shape index (κ3) is 3.11. The van der Waals surface area contributed by atoms with Crippen LogP contribution in [0.5, 0.6) is 0 Å². The summed E-state index contributed by atoms with van der Waals surface area (Å²) in [5.74, 6) is 8.44. The maximum absolute atomic E-state index is 10.3. The van der Waals surface area contributed by atoms with Gasteiger partial charge in [-0.15, -0.1) is 0 Å². The second-order valence-corrected chi connectivity index (χ2v) is 13.4. The van der Waals surface area contributed by atoms with Crippen molar-refractivity contribution in [3.05, 3.63) is 11.6 Å². The van der Waals surface area contributed by atoms with E-state index in [0.717, 1.165) is 66.1 Å². The number of hydrogen-bond donors (Lipinski definition) is 1. The van der Waals surface area contributed by atoms with Crippen LogP contribution in [0.25, 0.3) is 0 Å². The maximum atomic E-state index is 10.3. The predicted molar refractivity (Wildman–Crippen MR) is 126 cm³/mol. The standard InChI is InChI=1S/C29H48O/c1-17(2)27-19(4)23(27)15-18(3)24-9-10-25-22-8-7-20-16-21(30)11-13-28(20,5)26(22)12-14-29(24,25)6/h7,17-19,21-27,30H,8-16H2,1-6H3/t18-,19-,21+,22+,23+,24-,25+,26+,27?,28+,29-/m1/s1. The van der Waals surface area contributed by atoms with E-state index in [1.165, 1.54) is 44.9 Å². The summed E-state index contributed by atoms with van der Waals surface area (Å²) in [7, 11) is 0. The molecule has 4 fully saturated rings. The molecule has 4 saturated carbocycles. The first kappa shape index (κ1) is 21.5. The number of hydrogen-bond acceptors (Lipinski definition) is 1. The van der Waals surface area contributed by atoms with Crippen LogP contribution >= 0.6 is 0 Å². The summed E-state index contributed by atoms with van der Waals surface area (Å²) >= 11 is 0. The Balaban J connectivity index is 1.32. The summed E-state index contributed by atoms with van der Waals surface area (Å²) in [4.78, 5) is 0. The fourth-order valence-corrected chi connectivity index (χ4v) is 10.3. The topological polar surface area (TPSA) is 20.2 Å². The van der Waals surface area contributed by atoms with Crippen LogP contribution in [0.1, 0.15) is 99.3 Å². The van der Waals surface area contributed by atoms with Crippen LogP contribution in [-0.2, 0) is 0 Å². The highest BCUT2D eigenvalue weighted by Crippen LogP contribution is 2.68. The van der Waals surface area contributed by atoms with Crippen molar-refractivity contribution in [3.63, 3.8) is 0 Å². The van der Waals surface area contributed by atoms with E-state index in [-0.39, 0.29) is 6.10 Å². The number of aliphatic hydroxyl groups excluding tert-OH is 1. The Morgan fingerprint density at radius 3 is 2.50 bits per heavy atom. The van der Waals surface area contributed by atoms with E-state index in [9.17, 15) is 5.11 Å². The fourth-order valence-electron chi connectivity index (χ4n) is 10.3. The van der Waals surface area contributed by atoms with Crippen LogP contribution < -0.4 is 0 Å². The Kier molecular flexibility index (Phi) is 5.28. The Hall–Kier alpha value is -0.300. The van der Waals surface area contributed by atoms with Gasteiger partial charge in [-0.1, -0.05) is 53.2 Å². The van der Waals surface area contributed by atoms with Crippen LogP contribution in [0, 0.1) is 64.1 Å². The summed E-state index contributed by atoms with van der Waals surface area (Å²) in [5.41, 5.74) is 2.60. The SMILES string of the molecule is CC(C)C1[C@@H](C[C@@H](C)[C@H]2CC[C@H]3[C@@H]4CC=C5C[C@@H](O)CC[C@]5(C)[C@H]4CC[C@]23C)[C@H]1C. The molecule has 0 aliphatic heterocycles. The minimum Gasteiger partial charge on any atom is -0.393 e. The van der Waals surface area contributed by atoms with Gasteiger partial charge in [0, 0.05) is 0 Å². The van der Waals surface area contributed by atoms with Crippen molar-refractivity contribution >= 4 is 0 Å². The molecule has 1 N–H and O–H groups in total. The summed E-state index contributed by atoms with van der Waals surface area (Å²) < 4.78 is 0. The molecule has 5 aliphatic rings. The Labute approximate surface area is 186 Å². The molecule has 1 heteroatoms. The molecule has 0 aromatic rings. The van der Waals surface area contributed by atoms with Crippen molar-refractivity contribution in [2.45, 2.75) is 105 Å². The molecule has 0 bridgehead atoms. The lowest BCUT2D eigenvalue weighted by Crippen LogP contribution is -2.50. The third-order valence-corrected chi connectivity index (χ3v) is 11.9. The zero-order valence-corrected chi connectivity index (χ0v) is 20.7. The largest absolute Gasteiger partial charge is 0.393 e. The van der Waals surface area contributed by atoms with Crippen molar-refractivity contribution in [2.24, 2.45) is 64.1 Å². The molecule has 0 heterocycles. The van der Waals surface area contributed by atoms with Gasteiger partial charge in [0.2, 0.25) is 0 Å². The average Bonchev–Trinajstić information content (AvgIpc) is 3.17. The van der Waals surface area contributed by atoms with Crippen LogP contribution in [0.4, 0.5) is 0 Å². The summed E-state index contributed by atoms with van der Waals surface area (Å²) in [6, 6.07) is 0. The zero-order chi connectivity index (χ0) is 21.4. The first-order valence-electron chi connectivity index (χ1n) is 13.5. The molecule has 11 atom stereocenters. The smallest absolute Gasteiger partial charge is 0.0577 e. The Bertz CT molecular complexity index is 692. The highest BCUT2D eigenvalue weighted by atomic mass is 16.3. The molecule has 0 aromatic heterocycles. The monoisotopic (exact) mass is 412 g/mol. The predicted octanol–water partition coefficient (Wildman–Crippen LogP) is 7.49. The molecule has 1 unspecified atom stereocenters. The van der Waals surface area contributed by atoms with Gasteiger partial charge in [0.15, 0.2) is 0 Å². The number of allylic oxidation sites excluding steroid dienone is 1. The van der Waals surface area contributed by atoms with Gasteiger partial charge in [0.25, 0.3) is 0 Å². The molecule has 0 spiro atoms. The van der Waals surface area contributed by atoms with Gasteiger partial charge in [0.1, 0.15) is 0 Å². The Morgan fingerprint density at radius 1 is 1.03 bits per heavy atom. The number of fused-ring (bicyclic) bond motifs is 5. The lowest BCUT2D eigenvalue weighted by Gasteiger charge is -2.58. The van der Waals surface area contributed by atoms with Gasteiger partial charge in [-0.25, -0.2) is 0 Å². The van der Waals surface area contributed by atoms with Crippen molar-refractivity contribution < 1.29 is 5.11 Å². The van der Waals surface area contributed by atoms with E-state index in [1.54, 1.807) is 5.57 Å². The lowest BCUT2D eigenvalue weighted by atomic mass is 9.47. The van der Waals surface area contributed by atoms with Crippen LogP contribution in [-0.4, -0.2) is 11.2 Å². The maximum Gasteiger partial charge on any atom is 0.0577 e. The molecular formula is C29H48O. The van der Waals surface area contributed by atoms with Gasteiger partial charge in [-0.05, 0) is 122 Å². The highest BCUT2D eigenvalue weighted by Gasteiger charge is 2.60. The van der Waals surface area contributed by atoms with Gasteiger partial charge >= 0.3 is 0 Å². The van der Waals surface area contributed by atoms with Gasteiger partial charge in [-0.3, -0.25) is 0 Å². The van der Waals surface area contributed by atoms with E-state index < -0.39 is 0 Å². The van der Waals surface area contributed by atoms with E-state index in [4.69, 9.17) is 0 Å². The van der Waals surface area contributed by atoms with E-state index in [2.05, 4.69) is 47.6 Å². The second-order valence-electron chi connectivity index (χ2n) is 13.4.